The van der Waals surface area contributed by atoms with Crippen molar-refractivity contribution >= 4 is 5.91 Å². The number of hydrogen-bond acceptors (Lipinski definition) is 3. The number of nitrogens with one attached hydrogen (secondary N) is 1. The van der Waals surface area contributed by atoms with Gasteiger partial charge in [0.25, 0.3) is 0 Å². The summed E-state index contributed by atoms with van der Waals surface area (Å²) in [6, 6.07) is 3.96. The number of nitrogens with zero attached hydrogens (tertiary/aromatic N) is 1. The van der Waals surface area contributed by atoms with E-state index in [-0.39, 0.29) is 11.8 Å². The average Bonchev–Trinajstić information content (AvgIpc) is 2.36. The molecule has 3 N–H and O–H groups in total. The van der Waals surface area contributed by atoms with Crippen molar-refractivity contribution in [3.63, 3.8) is 0 Å². The molecular weight excluding hydrogens is 214 g/mol. The average molecular weight is 235 g/mol. The van der Waals surface area contributed by atoms with Crippen LogP contribution in [0.5, 0.6) is 0 Å². The van der Waals surface area contributed by atoms with Gasteiger partial charge in [-0.2, -0.15) is 0 Å². The van der Waals surface area contributed by atoms with E-state index in [1.54, 1.807) is 6.20 Å². The van der Waals surface area contributed by atoms with E-state index in [1.807, 2.05) is 19.1 Å². The second-order valence-corrected chi connectivity index (χ2v) is 4.28. The van der Waals surface area contributed by atoms with Crippen molar-refractivity contribution in [2.45, 2.75) is 33.2 Å². The lowest BCUT2D eigenvalue weighted by atomic mass is 10.1. The molecule has 0 radical (unpaired) electrons. The van der Waals surface area contributed by atoms with E-state index in [1.165, 1.54) is 5.56 Å². The number of carbonyl (C=O) groups excluding carboxylic acids is 1. The molecule has 0 aliphatic rings. The van der Waals surface area contributed by atoms with Crippen LogP contribution < -0.4 is 11.1 Å². The Hall–Kier alpha value is -1.42. The molecule has 0 aliphatic heterocycles. The maximum Gasteiger partial charge on any atom is 0.220 e. The second kappa shape index (κ2) is 7.01. The first-order chi connectivity index (χ1) is 8.17. The van der Waals surface area contributed by atoms with Crippen LogP contribution in [0.2, 0.25) is 0 Å². The smallest absolute Gasteiger partial charge is 0.220 e. The number of hydrogen-bond donors (Lipinski definition) is 2. The number of rotatable bonds is 6. The quantitative estimate of drug-likeness (QED) is 0.779. The van der Waals surface area contributed by atoms with Gasteiger partial charge in [-0.1, -0.05) is 19.9 Å². The second-order valence-electron chi connectivity index (χ2n) is 4.28. The van der Waals surface area contributed by atoms with Gasteiger partial charge >= 0.3 is 0 Å². The summed E-state index contributed by atoms with van der Waals surface area (Å²) in [5.74, 6) is 0.264. The number of aryl methyl sites for hydroxylation is 1. The van der Waals surface area contributed by atoms with E-state index in [2.05, 4.69) is 17.2 Å². The summed E-state index contributed by atoms with van der Waals surface area (Å²) in [4.78, 5) is 15.9. The highest BCUT2D eigenvalue weighted by atomic mass is 16.1. The van der Waals surface area contributed by atoms with Crippen LogP contribution in [0.3, 0.4) is 0 Å². The van der Waals surface area contributed by atoms with Crippen molar-refractivity contribution in [2.75, 3.05) is 6.54 Å². The molecule has 1 unspecified atom stereocenters. The van der Waals surface area contributed by atoms with Crippen LogP contribution in [-0.2, 0) is 17.8 Å². The Balaban J connectivity index is 2.47. The Morgan fingerprint density at radius 2 is 2.35 bits per heavy atom. The lowest BCUT2D eigenvalue weighted by molar-refractivity contribution is -0.122. The highest BCUT2D eigenvalue weighted by molar-refractivity contribution is 5.76. The molecule has 1 heterocycles. The summed E-state index contributed by atoms with van der Waals surface area (Å²) in [6.07, 6.45) is 3.16. The Bertz CT molecular complexity index is 365. The van der Waals surface area contributed by atoms with E-state index in [0.29, 0.717) is 19.5 Å². The van der Waals surface area contributed by atoms with Crippen LogP contribution in [0.4, 0.5) is 0 Å². The SMILES string of the molecule is CCc1cccnc1CNC(=O)CC(C)CN. The van der Waals surface area contributed by atoms with Crippen molar-refractivity contribution in [2.24, 2.45) is 11.7 Å². The van der Waals surface area contributed by atoms with Crippen LogP contribution in [0.15, 0.2) is 18.3 Å². The van der Waals surface area contributed by atoms with E-state index in [9.17, 15) is 4.79 Å². The topological polar surface area (TPSA) is 68.0 Å². The number of aromatic nitrogens is 1. The minimum atomic E-state index is 0.0376. The van der Waals surface area contributed by atoms with Crippen LogP contribution in [0.25, 0.3) is 0 Å². The highest BCUT2D eigenvalue weighted by Crippen LogP contribution is 2.06. The normalized spacial score (nSPS) is 12.2. The predicted octanol–water partition coefficient (Wildman–Crippen LogP) is 1.25. The van der Waals surface area contributed by atoms with E-state index in [0.717, 1.165) is 12.1 Å². The molecule has 0 fully saturated rings. The first-order valence-electron chi connectivity index (χ1n) is 6.06. The van der Waals surface area contributed by atoms with Crippen molar-refractivity contribution in [1.29, 1.82) is 0 Å². The molecule has 0 aliphatic carbocycles. The molecule has 1 rings (SSSR count). The van der Waals surface area contributed by atoms with E-state index >= 15 is 0 Å². The van der Waals surface area contributed by atoms with Gasteiger partial charge in [-0.3, -0.25) is 9.78 Å². The van der Waals surface area contributed by atoms with Gasteiger partial charge in [-0.05, 0) is 30.5 Å². The van der Waals surface area contributed by atoms with Crippen LogP contribution in [0.1, 0.15) is 31.5 Å². The minimum Gasteiger partial charge on any atom is -0.350 e. The summed E-state index contributed by atoms with van der Waals surface area (Å²) in [6.45, 7) is 5.09. The molecule has 17 heavy (non-hydrogen) atoms. The summed E-state index contributed by atoms with van der Waals surface area (Å²) in [5, 5.41) is 2.88. The van der Waals surface area contributed by atoms with E-state index < -0.39 is 0 Å². The number of nitrogens with two attached hydrogens (primary N) is 1. The zero-order valence-electron chi connectivity index (χ0n) is 10.6. The van der Waals surface area contributed by atoms with Gasteiger partial charge in [0, 0.05) is 12.6 Å². The summed E-state index contributed by atoms with van der Waals surface area (Å²) < 4.78 is 0. The molecule has 0 aromatic carbocycles. The molecule has 0 saturated heterocycles. The highest BCUT2D eigenvalue weighted by Gasteiger charge is 2.08. The third kappa shape index (κ3) is 4.53. The van der Waals surface area contributed by atoms with Gasteiger partial charge in [-0.25, -0.2) is 0 Å². The van der Waals surface area contributed by atoms with Gasteiger partial charge in [0.2, 0.25) is 5.91 Å². The third-order valence-corrected chi connectivity index (χ3v) is 2.75. The largest absolute Gasteiger partial charge is 0.350 e. The zero-order chi connectivity index (χ0) is 12.7. The molecule has 1 aromatic rings. The van der Waals surface area contributed by atoms with Crippen LogP contribution >= 0.6 is 0 Å². The Morgan fingerprint density at radius 3 is 3.00 bits per heavy atom. The molecular formula is C13H21N3O. The third-order valence-electron chi connectivity index (χ3n) is 2.75. The van der Waals surface area contributed by atoms with Gasteiger partial charge in [-0.15, -0.1) is 0 Å². The molecule has 0 spiro atoms. The molecule has 4 heteroatoms. The van der Waals surface area contributed by atoms with Crippen molar-refractivity contribution < 1.29 is 4.79 Å². The fraction of sp³-hybridized carbons (Fsp3) is 0.538. The molecule has 1 aromatic heterocycles. The van der Waals surface area contributed by atoms with Crippen molar-refractivity contribution in [3.05, 3.63) is 29.6 Å². The van der Waals surface area contributed by atoms with Gasteiger partial charge in [0.15, 0.2) is 0 Å². The molecule has 1 atom stereocenters. The Morgan fingerprint density at radius 1 is 1.59 bits per heavy atom. The summed E-state index contributed by atoms with van der Waals surface area (Å²) >= 11 is 0. The Labute approximate surface area is 103 Å². The standard InChI is InChI=1S/C13H21N3O/c1-3-11-5-4-6-15-12(11)9-16-13(17)7-10(2)8-14/h4-6,10H,3,7-9,14H2,1-2H3,(H,16,17). The fourth-order valence-electron chi connectivity index (χ4n) is 1.61. The first-order valence-corrected chi connectivity index (χ1v) is 6.06. The predicted molar refractivity (Wildman–Crippen MR) is 68.3 cm³/mol. The summed E-state index contributed by atoms with van der Waals surface area (Å²) in [7, 11) is 0. The number of pyridine rings is 1. The first kappa shape index (κ1) is 13.6. The maximum atomic E-state index is 11.6. The van der Waals surface area contributed by atoms with Crippen molar-refractivity contribution in [3.8, 4) is 0 Å². The lowest BCUT2D eigenvalue weighted by Gasteiger charge is -2.10. The van der Waals surface area contributed by atoms with Crippen LogP contribution in [-0.4, -0.2) is 17.4 Å². The molecule has 1 amide bonds. The lowest BCUT2D eigenvalue weighted by Crippen LogP contribution is -2.27. The minimum absolute atomic E-state index is 0.0376. The molecule has 0 bridgehead atoms. The number of amides is 1. The monoisotopic (exact) mass is 235 g/mol. The van der Waals surface area contributed by atoms with E-state index in [4.69, 9.17) is 5.73 Å². The number of carbonyl (C=O) groups is 1. The van der Waals surface area contributed by atoms with Gasteiger partial charge < -0.3 is 11.1 Å². The molecule has 4 nitrogen and oxygen atoms in total. The fourth-order valence-corrected chi connectivity index (χ4v) is 1.61. The van der Waals surface area contributed by atoms with Crippen LogP contribution in [0, 0.1) is 5.92 Å². The van der Waals surface area contributed by atoms with Gasteiger partial charge in [0.05, 0.1) is 12.2 Å². The molecule has 0 saturated carbocycles. The Kier molecular flexibility index (Phi) is 5.63. The maximum absolute atomic E-state index is 11.6. The zero-order valence-corrected chi connectivity index (χ0v) is 10.6. The van der Waals surface area contributed by atoms with Crippen molar-refractivity contribution in [1.82, 2.24) is 10.3 Å². The van der Waals surface area contributed by atoms with Gasteiger partial charge in [0.1, 0.15) is 0 Å². The molecule has 94 valence electrons. The summed E-state index contributed by atoms with van der Waals surface area (Å²) in [5.41, 5.74) is 7.61.